The molecule has 1 saturated heterocycles. The smallest absolute Gasteiger partial charge is 0.257 e. The molecule has 2 N–H and O–H groups in total. The molecule has 5 rings (SSSR count). The summed E-state index contributed by atoms with van der Waals surface area (Å²) >= 11 is 0. The zero-order valence-electron chi connectivity index (χ0n) is 16.4. The average Bonchev–Trinajstić information content (AvgIpc) is 3.47. The summed E-state index contributed by atoms with van der Waals surface area (Å²) in [5.74, 6) is 0.0734. The van der Waals surface area contributed by atoms with Crippen molar-refractivity contribution in [1.82, 2.24) is 24.9 Å². The fraction of sp³-hybridized carbons (Fsp3) is 0.429. The lowest BCUT2D eigenvalue weighted by Gasteiger charge is -2.26. The molecule has 1 aliphatic heterocycles. The van der Waals surface area contributed by atoms with Crippen molar-refractivity contribution in [3.05, 3.63) is 53.9 Å². The minimum atomic E-state index is -0.510. The van der Waals surface area contributed by atoms with E-state index in [0.29, 0.717) is 23.4 Å². The van der Waals surface area contributed by atoms with Gasteiger partial charge < -0.3 is 15.3 Å². The molecule has 0 aromatic carbocycles. The Balaban J connectivity index is 1.44. The van der Waals surface area contributed by atoms with Gasteiger partial charge in [-0.25, -0.2) is 13.9 Å². The second kappa shape index (κ2) is 7.64. The minimum Gasteiger partial charge on any atom is -0.391 e. The van der Waals surface area contributed by atoms with Crippen molar-refractivity contribution in [3.8, 4) is 0 Å². The Labute approximate surface area is 172 Å². The third-order valence-electron chi connectivity index (χ3n) is 6.05. The summed E-state index contributed by atoms with van der Waals surface area (Å²) in [7, 11) is 0. The van der Waals surface area contributed by atoms with E-state index in [1.807, 2.05) is 6.07 Å². The molecule has 0 bridgehead atoms. The van der Waals surface area contributed by atoms with Crippen LogP contribution in [-0.2, 0) is 0 Å². The van der Waals surface area contributed by atoms with Crippen LogP contribution < -0.4 is 10.2 Å². The number of rotatable bonds is 4. The fourth-order valence-corrected chi connectivity index (χ4v) is 4.53. The number of aromatic nitrogens is 4. The summed E-state index contributed by atoms with van der Waals surface area (Å²) in [6, 6.07) is 3.11. The number of carbonyl (C=O) groups is 1. The van der Waals surface area contributed by atoms with Crippen molar-refractivity contribution in [3.63, 3.8) is 0 Å². The number of nitrogens with one attached hydrogen (secondary N) is 1. The van der Waals surface area contributed by atoms with Crippen molar-refractivity contribution in [2.24, 2.45) is 0 Å². The van der Waals surface area contributed by atoms with Gasteiger partial charge in [-0.15, -0.1) is 0 Å². The zero-order chi connectivity index (χ0) is 20.7. The maximum atomic E-state index is 13.7. The Morgan fingerprint density at radius 1 is 1.20 bits per heavy atom. The highest BCUT2D eigenvalue weighted by molar-refractivity contribution is 6.00. The van der Waals surface area contributed by atoms with Crippen molar-refractivity contribution in [2.75, 3.05) is 11.4 Å². The number of aliphatic hydroxyl groups excluding tert-OH is 1. The lowest BCUT2D eigenvalue weighted by atomic mass is 10.1. The Kier molecular flexibility index (Phi) is 4.82. The molecule has 3 atom stereocenters. The van der Waals surface area contributed by atoms with Gasteiger partial charge in [0.2, 0.25) is 0 Å². The van der Waals surface area contributed by atoms with Crippen molar-refractivity contribution < 1.29 is 14.3 Å². The lowest BCUT2D eigenvalue weighted by Crippen LogP contribution is -2.39. The largest absolute Gasteiger partial charge is 0.391 e. The standard InChI is InChI=1S/C21H23FN6O2/c22-14-9-13(10-23-11-14)17-4-2-7-27(17)19-6-8-28-20(26-19)15(12-24-28)21(30)25-16-3-1-5-18(16)29/h6,8-12,16-18,29H,1-5,7H2,(H,25,30)/t16?,17?,18-/m1/s1. The third kappa shape index (κ3) is 3.39. The second-order valence-electron chi connectivity index (χ2n) is 7.98. The van der Waals surface area contributed by atoms with Gasteiger partial charge in [-0.3, -0.25) is 9.78 Å². The topological polar surface area (TPSA) is 95.6 Å². The first-order valence-electron chi connectivity index (χ1n) is 10.3. The van der Waals surface area contributed by atoms with Gasteiger partial charge in [0.15, 0.2) is 5.65 Å². The first kappa shape index (κ1) is 18.9. The minimum absolute atomic E-state index is 0.0167. The van der Waals surface area contributed by atoms with Crippen LogP contribution in [0.5, 0.6) is 0 Å². The first-order valence-corrected chi connectivity index (χ1v) is 10.3. The maximum Gasteiger partial charge on any atom is 0.257 e. The Morgan fingerprint density at radius 3 is 2.90 bits per heavy atom. The number of nitrogens with zero attached hydrogens (tertiary/aromatic N) is 5. The van der Waals surface area contributed by atoms with Gasteiger partial charge in [0.25, 0.3) is 5.91 Å². The Morgan fingerprint density at radius 2 is 2.10 bits per heavy atom. The number of anilines is 1. The van der Waals surface area contributed by atoms with E-state index in [1.54, 1.807) is 16.9 Å². The van der Waals surface area contributed by atoms with E-state index in [1.165, 1.54) is 18.5 Å². The van der Waals surface area contributed by atoms with E-state index >= 15 is 0 Å². The van der Waals surface area contributed by atoms with Crippen LogP contribution in [0.1, 0.15) is 54.1 Å². The highest BCUT2D eigenvalue weighted by Crippen LogP contribution is 2.35. The van der Waals surface area contributed by atoms with E-state index in [0.717, 1.165) is 37.8 Å². The predicted molar refractivity (Wildman–Crippen MR) is 108 cm³/mol. The van der Waals surface area contributed by atoms with Gasteiger partial charge >= 0.3 is 0 Å². The molecule has 4 heterocycles. The van der Waals surface area contributed by atoms with Gasteiger partial charge in [0.1, 0.15) is 17.2 Å². The van der Waals surface area contributed by atoms with Gasteiger partial charge in [0.05, 0.1) is 30.6 Å². The Bertz CT molecular complexity index is 1090. The number of aliphatic hydroxyl groups is 1. The molecule has 156 valence electrons. The lowest BCUT2D eigenvalue weighted by molar-refractivity contribution is 0.0874. The number of amides is 1. The molecule has 3 aromatic rings. The molecular formula is C21H23FN6O2. The zero-order valence-corrected chi connectivity index (χ0v) is 16.4. The number of carbonyl (C=O) groups excluding carboxylic acids is 1. The first-order chi connectivity index (χ1) is 14.6. The quantitative estimate of drug-likeness (QED) is 0.685. The van der Waals surface area contributed by atoms with Crippen LogP contribution in [-0.4, -0.2) is 49.3 Å². The summed E-state index contributed by atoms with van der Waals surface area (Å²) < 4.78 is 15.3. The summed E-state index contributed by atoms with van der Waals surface area (Å²) in [5, 5.41) is 17.2. The monoisotopic (exact) mass is 410 g/mol. The molecular weight excluding hydrogens is 387 g/mol. The molecule has 9 heteroatoms. The van der Waals surface area contributed by atoms with Crippen LogP contribution in [0.15, 0.2) is 36.9 Å². The normalized spacial score (nSPS) is 23.9. The number of hydrogen-bond donors (Lipinski definition) is 2. The van der Waals surface area contributed by atoms with Crippen LogP contribution >= 0.6 is 0 Å². The molecule has 2 aliphatic rings. The van der Waals surface area contributed by atoms with Gasteiger partial charge in [-0.05, 0) is 49.8 Å². The van der Waals surface area contributed by atoms with Crippen LogP contribution in [0.25, 0.3) is 5.65 Å². The molecule has 0 spiro atoms. The molecule has 2 fully saturated rings. The molecule has 0 radical (unpaired) electrons. The molecule has 2 unspecified atom stereocenters. The molecule has 30 heavy (non-hydrogen) atoms. The van der Waals surface area contributed by atoms with Crippen LogP contribution in [0.3, 0.4) is 0 Å². The van der Waals surface area contributed by atoms with E-state index in [-0.39, 0.29) is 23.8 Å². The van der Waals surface area contributed by atoms with Crippen LogP contribution in [0, 0.1) is 5.82 Å². The highest BCUT2D eigenvalue weighted by atomic mass is 19.1. The number of hydrogen-bond acceptors (Lipinski definition) is 6. The van der Waals surface area contributed by atoms with Crippen molar-refractivity contribution in [1.29, 1.82) is 0 Å². The van der Waals surface area contributed by atoms with E-state index in [4.69, 9.17) is 4.98 Å². The van der Waals surface area contributed by atoms with Crippen molar-refractivity contribution >= 4 is 17.4 Å². The highest BCUT2D eigenvalue weighted by Gasteiger charge is 2.30. The summed E-state index contributed by atoms with van der Waals surface area (Å²) in [6.07, 6.45) is 9.86. The summed E-state index contributed by atoms with van der Waals surface area (Å²) in [6.45, 7) is 0.786. The summed E-state index contributed by atoms with van der Waals surface area (Å²) in [5.41, 5.74) is 1.65. The Hall–Kier alpha value is -3.07. The third-order valence-corrected chi connectivity index (χ3v) is 6.05. The average molecular weight is 410 g/mol. The van der Waals surface area contributed by atoms with E-state index < -0.39 is 6.10 Å². The fourth-order valence-electron chi connectivity index (χ4n) is 4.53. The maximum absolute atomic E-state index is 13.7. The molecule has 8 nitrogen and oxygen atoms in total. The van der Waals surface area contributed by atoms with Crippen molar-refractivity contribution in [2.45, 2.75) is 50.3 Å². The van der Waals surface area contributed by atoms with E-state index in [9.17, 15) is 14.3 Å². The molecule has 1 saturated carbocycles. The van der Waals surface area contributed by atoms with Crippen LogP contribution in [0.2, 0.25) is 0 Å². The number of pyridine rings is 1. The molecule has 1 aliphatic carbocycles. The predicted octanol–water partition coefficient (Wildman–Crippen LogP) is 2.25. The summed E-state index contributed by atoms with van der Waals surface area (Å²) in [4.78, 5) is 23.6. The molecule has 3 aromatic heterocycles. The number of fused-ring (bicyclic) bond motifs is 1. The van der Waals surface area contributed by atoms with Gasteiger partial charge in [-0.1, -0.05) is 0 Å². The van der Waals surface area contributed by atoms with Gasteiger partial charge in [-0.2, -0.15) is 5.10 Å². The second-order valence-corrected chi connectivity index (χ2v) is 7.98. The molecule has 1 amide bonds. The van der Waals surface area contributed by atoms with Gasteiger partial charge in [0, 0.05) is 18.9 Å². The van der Waals surface area contributed by atoms with E-state index in [2.05, 4.69) is 20.3 Å². The van der Waals surface area contributed by atoms with Crippen LogP contribution in [0.4, 0.5) is 10.2 Å². The number of halogens is 1. The SMILES string of the molecule is O=C(NC1CCC[C@H]1O)c1cnn2ccc(N3CCCC3c3cncc(F)c3)nc12.